The molecule has 0 aromatic rings. The third kappa shape index (κ3) is 15.6. The Morgan fingerprint density at radius 2 is 1.52 bits per heavy atom. The predicted molar refractivity (Wildman–Crippen MR) is 93.6 cm³/mol. The Morgan fingerprint density at radius 3 is 2.13 bits per heavy atom. The summed E-state index contributed by atoms with van der Waals surface area (Å²) in [7, 11) is 0. The summed E-state index contributed by atoms with van der Waals surface area (Å²) < 4.78 is 10.1. The molecular formula is C18H31ClO4. The van der Waals surface area contributed by atoms with E-state index in [0.29, 0.717) is 19.1 Å². The highest BCUT2D eigenvalue weighted by atomic mass is 35.5. The molecule has 0 aliphatic rings. The van der Waals surface area contributed by atoms with Crippen molar-refractivity contribution < 1.29 is 19.1 Å². The molecule has 0 radical (unpaired) electrons. The van der Waals surface area contributed by atoms with Gasteiger partial charge in [-0.2, -0.15) is 0 Å². The minimum atomic E-state index is -0.496. The molecule has 5 heteroatoms. The quantitative estimate of drug-likeness (QED) is 0.199. The molecule has 0 spiro atoms. The monoisotopic (exact) mass is 346 g/mol. The fraction of sp³-hybridized carbons (Fsp3) is 0.778. The second kappa shape index (κ2) is 15.9. The molecule has 0 aliphatic carbocycles. The van der Waals surface area contributed by atoms with Crippen molar-refractivity contribution in [3.05, 3.63) is 12.2 Å². The molecule has 1 atom stereocenters. The van der Waals surface area contributed by atoms with Gasteiger partial charge in [-0.25, -0.2) is 9.59 Å². The first-order valence-electron chi connectivity index (χ1n) is 8.67. The number of ether oxygens (including phenoxy) is 2. The predicted octanol–water partition coefficient (Wildman–Crippen LogP) is 4.64. The van der Waals surface area contributed by atoms with E-state index in [9.17, 15) is 9.59 Å². The Bertz CT molecular complexity index is 342. The maximum atomic E-state index is 11.4. The van der Waals surface area contributed by atoms with Crippen LogP contribution in [0.1, 0.15) is 65.2 Å². The number of esters is 2. The number of halogens is 1. The van der Waals surface area contributed by atoms with Gasteiger partial charge in [0.2, 0.25) is 0 Å². The molecule has 0 N–H and O–H groups in total. The van der Waals surface area contributed by atoms with Gasteiger partial charge in [0.15, 0.2) is 0 Å². The van der Waals surface area contributed by atoms with E-state index in [-0.39, 0.29) is 0 Å². The first-order valence-corrected chi connectivity index (χ1v) is 9.21. The standard InChI is InChI=1S/C18H31ClO4/c1-3-10-16(2)15-23-18(21)12-11-17(20)22-14-9-7-5-4-6-8-13-19/h11-12,16H,3-10,13-15H2,1-2H3/b12-11+. The lowest BCUT2D eigenvalue weighted by molar-refractivity contribution is -0.141. The van der Waals surface area contributed by atoms with E-state index < -0.39 is 11.9 Å². The maximum Gasteiger partial charge on any atom is 0.331 e. The van der Waals surface area contributed by atoms with Crippen LogP contribution < -0.4 is 0 Å². The third-order valence-electron chi connectivity index (χ3n) is 3.42. The number of rotatable bonds is 14. The van der Waals surface area contributed by atoms with E-state index in [0.717, 1.165) is 63.0 Å². The van der Waals surface area contributed by atoms with Crippen LogP contribution in [0.4, 0.5) is 0 Å². The van der Waals surface area contributed by atoms with Crippen molar-refractivity contribution in [1.82, 2.24) is 0 Å². The molecule has 23 heavy (non-hydrogen) atoms. The van der Waals surface area contributed by atoms with Crippen LogP contribution in [-0.2, 0) is 19.1 Å². The molecule has 0 heterocycles. The Labute approximate surface area is 145 Å². The fourth-order valence-corrected chi connectivity index (χ4v) is 2.30. The summed E-state index contributed by atoms with van der Waals surface area (Å²) in [6.45, 7) is 4.90. The third-order valence-corrected chi connectivity index (χ3v) is 3.69. The fourth-order valence-electron chi connectivity index (χ4n) is 2.11. The second-order valence-electron chi connectivity index (χ2n) is 5.84. The van der Waals surface area contributed by atoms with Crippen molar-refractivity contribution >= 4 is 23.5 Å². The zero-order valence-electron chi connectivity index (χ0n) is 14.5. The van der Waals surface area contributed by atoms with Crippen molar-refractivity contribution in [3.63, 3.8) is 0 Å². The van der Waals surface area contributed by atoms with Crippen molar-refractivity contribution in [2.24, 2.45) is 5.92 Å². The summed E-state index contributed by atoms with van der Waals surface area (Å²) in [5.74, 6) is 0.0767. The van der Waals surface area contributed by atoms with Gasteiger partial charge >= 0.3 is 11.9 Å². The molecule has 0 aromatic carbocycles. The van der Waals surface area contributed by atoms with Crippen LogP contribution in [0.25, 0.3) is 0 Å². The SMILES string of the molecule is CCCC(C)COC(=O)/C=C/C(=O)OCCCCCCCCCl. The molecule has 0 saturated carbocycles. The number of hydrogen-bond donors (Lipinski definition) is 0. The largest absolute Gasteiger partial charge is 0.463 e. The summed E-state index contributed by atoms with van der Waals surface area (Å²) in [5.41, 5.74) is 0. The van der Waals surface area contributed by atoms with Crippen LogP contribution in [-0.4, -0.2) is 31.0 Å². The van der Waals surface area contributed by atoms with Gasteiger partial charge < -0.3 is 9.47 Å². The first-order chi connectivity index (χ1) is 11.1. The molecular weight excluding hydrogens is 316 g/mol. The van der Waals surface area contributed by atoms with Gasteiger partial charge in [-0.15, -0.1) is 11.6 Å². The van der Waals surface area contributed by atoms with E-state index in [2.05, 4.69) is 6.92 Å². The Morgan fingerprint density at radius 1 is 0.957 bits per heavy atom. The van der Waals surface area contributed by atoms with Gasteiger partial charge in [0.05, 0.1) is 13.2 Å². The second-order valence-corrected chi connectivity index (χ2v) is 6.21. The minimum Gasteiger partial charge on any atom is -0.463 e. The minimum absolute atomic E-state index is 0.341. The summed E-state index contributed by atoms with van der Waals surface area (Å²) in [5, 5.41) is 0. The topological polar surface area (TPSA) is 52.6 Å². The molecule has 134 valence electrons. The average Bonchev–Trinajstić information content (AvgIpc) is 2.53. The van der Waals surface area contributed by atoms with E-state index >= 15 is 0 Å². The smallest absolute Gasteiger partial charge is 0.331 e. The van der Waals surface area contributed by atoms with Crippen LogP contribution in [0, 0.1) is 5.92 Å². The van der Waals surface area contributed by atoms with Crippen LogP contribution >= 0.6 is 11.6 Å². The molecule has 0 bridgehead atoms. The number of hydrogen-bond acceptors (Lipinski definition) is 4. The van der Waals surface area contributed by atoms with Crippen molar-refractivity contribution in [2.75, 3.05) is 19.1 Å². The highest BCUT2D eigenvalue weighted by Gasteiger charge is 2.05. The van der Waals surface area contributed by atoms with Gasteiger partial charge in [-0.3, -0.25) is 0 Å². The lowest BCUT2D eigenvalue weighted by Crippen LogP contribution is -2.10. The number of alkyl halides is 1. The number of carbonyl (C=O) groups excluding carboxylic acids is 2. The number of carbonyl (C=O) groups is 2. The zero-order valence-corrected chi connectivity index (χ0v) is 15.3. The molecule has 0 amide bonds. The van der Waals surface area contributed by atoms with Crippen molar-refractivity contribution in [3.8, 4) is 0 Å². The van der Waals surface area contributed by atoms with Crippen molar-refractivity contribution in [1.29, 1.82) is 0 Å². The van der Waals surface area contributed by atoms with Crippen LogP contribution in [0.3, 0.4) is 0 Å². The maximum absolute atomic E-state index is 11.4. The van der Waals surface area contributed by atoms with E-state index in [1.54, 1.807) is 0 Å². The van der Waals surface area contributed by atoms with Crippen LogP contribution in [0.2, 0.25) is 0 Å². The highest BCUT2D eigenvalue weighted by Crippen LogP contribution is 2.06. The molecule has 0 fully saturated rings. The summed E-state index contributed by atoms with van der Waals surface area (Å²) in [4.78, 5) is 22.9. The van der Waals surface area contributed by atoms with Gasteiger partial charge in [0.1, 0.15) is 0 Å². The van der Waals surface area contributed by atoms with Crippen molar-refractivity contribution in [2.45, 2.75) is 65.2 Å². The van der Waals surface area contributed by atoms with Crippen LogP contribution in [0.15, 0.2) is 12.2 Å². The molecule has 0 aromatic heterocycles. The molecule has 1 unspecified atom stereocenters. The van der Waals surface area contributed by atoms with E-state index in [1.807, 2.05) is 6.92 Å². The lowest BCUT2D eigenvalue weighted by atomic mass is 10.1. The Balaban J connectivity index is 3.58. The zero-order chi connectivity index (χ0) is 17.3. The Kier molecular flexibility index (Phi) is 15.1. The Hall–Kier alpha value is -1.03. The van der Waals surface area contributed by atoms with E-state index in [1.165, 1.54) is 6.42 Å². The summed E-state index contributed by atoms with van der Waals surface area (Å²) in [6.07, 6.45) is 10.8. The highest BCUT2D eigenvalue weighted by molar-refractivity contribution is 6.17. The van der Waals surface area contributed by atoms with Crippen LogP contribution in [0.5, 0.6) is 0 Å². The molecule has 0 saturated heterocycles. The van der Waals surface area contributed by atoms with Gasteiger partial charge in [0, 0.05) is 18.0 Å². The first kappa shape index (κ1) is 22.0. The van der Waals surface area contributed by atoms with Gasteiger partial charge in [-0.05, 0) is 25.2 Å². The summed E-state index contributed by atoms with van der Waals surface area (Å²) >= 11 is 5.60. The molecule has 0 rings (SSSR count). The van der Waals surface area contributed by atoms with E-state index in [4.69, 9.17) is 21.1 Å². The number of unbranched alkanes of at least 4 members (excludes halogenated alkanes) is 5. The van der Waals surface area contributed by atoms with Gasteiger partial charge in [-0.1, -0.05) is 46.0 Å². The lowest BCUT2D eigenvalue weighted by Gasteiger charge is -2.09. The molecule has 4 nitrogen and oxygen atoms in total. The summed E-state index contributed by atoms with van der Waals surface area (Å²) in [6, 6.07) is 0. The average molecular weight is 347 g/mol. The molecule has 0 aliphatic heterocycles. The van der Waals surface area contributed by atoms with Gasteiger partial charge in [0.25, 0.3) is 0 Å². The normalized spacial score (nSPS) is 12.3.